The Morgan fingerprint density at radius 2 is 1.95 bits per heavy atom. The number of hydrogen-bond donors (Lipinski definition) is 0. The molecule has 0 aliphatic carbocycles. The molecule has 2 fully saturated rings. The van der Waals surface area contributed by atoms with Crippen molar-refractivity contribution in [1.82, 2.24) is 4.90 Å². The zero-order chi connectivity index (χ0) is 13.8. The van der Waals surface area contributed by atoms with E-state index in [0.29, 0.717) is 12.5 Å². The number of likely N-dealkylation sites (tertiary alicyclic amines) is 1. The van der Waals surface area contributed by atoms with Gasteiger partial charge in [0.2, 0.25) is 0 Å². The summed E-state index contributed by atoms with van der Waals surface area (Å²) >= 11 is 5.84. The van der Waals surface area contributed by atoms with E-state index >= 15 is 0 Å². The highest BCUT2D eigenvalue weighted by atomic mass is 35.5. The summed E-state index contributed by atoms with van der Waals surface area (Å²) in [5.74, 6) is 0.183. The monoisotopic (exact) mass is 295 g/mol. The molecule has 0 aromatic heterocycles. The second-order valence-electron chi connectivity index (χ2n) is 5.69. The van der Waals surface area contributed by atoms with Gasteiger partial charge in [-0.05, 0) is 12.0 Å². The van der Waals surface area contributed by atoms with Crippen LogP contribution in [0.3, 0.4) is 0 Å². The second kappa shape index (κ2) is 6.44. The Morgan fingerprint density at radius 3 is 2.60 bits per heavy atom. The summed E-state index contributed by atoms with van der Waals surface area (Å²) in [5, 5.41) is 0. The van der Waals surface area contributed by atoms with Crippen molar-refractivity contribution in [3.63, 3.8) is 0 Å². The molecule has 1 aromatic carbocycles. The summed E-state index contributed by atoms with van der Waals surface area (Å²) in [7, 11) is 0. The van der Waals surface area contributed by atoms with Crippen LogP contribution in [0.2, 0.25) is 0 Å². The molecule has 1 spiro atoms. The Labute approximate surface area is 125 Å². The van der Waals surface area contributed by atoms with Crippen molar-refractivity contribution < 1.29 is 9.47 Å². The van der Waals surface area contributed by atoms with Crippen molar-refractivity contribution in [2.24, 2.45) is 0 Å². The molecule has 0 N–H and O–H groups in total. The van der Waals surface area contributed by atoms with Crippen LogP contribution < -0.4 is 0 Å². The van der Waals surface area contributed by atoms with E-state index in [1.807, 2.05) is 0 Å². The fourth-order valence-corrected chi connectivity index (χ4v) is 3.16. The molecule has 110 valence electrons. The van der Waals surface area contributed by atoms with Gasteiger partial charge in [-0.1, -0.05) is 30.3 Å². The Kier molecular flexibility index (Phi) is 4.61. The quantitative estimate of drug-likeness (QED) is 0.797. The lowest BCUT2D eigenvalue weighted by Gasteiger charge is -2.37. The van der Waals surface area contributed by atoms with Crippen LogP contribution in [0.1, 0.15) is 18.4 Å². The van der Waals surface area contributed by atoms with Crippen molar-refractivity contribution in [2.45, 2.75) is 31.2 Å². The topological polar surface area (TPSA) is 21.7 Å². The Morgan fingerprint density at radius 1 is 1.20 bits per heavy atom. The van der Waals surface area contributed by atoms with Crippen molar-refractivity contribution in [3.05, 3.63) is 35.9 Å². The minimum Gasteiger partial charge on any atom is -0.347 e. The van der Waals surface area contributed by atoms with Crippen LogP contribution in [0.4, 0.5) is 0 Å². The highest BCUT2D eigenvalue weighted by molar-refractivity contribution is 6.18. The van der Waals surface area contributed by atoms with E-state index in [2.05, 4.69) is 35.2 Å². The summed E-state index contributed by atoms with van der Waals surface area (Å²) in [6.45, 7) is 3.84. The molecule has 20 heavy (non-hydrogen) atoms. The number of piperidine rings is 1. The maximum atomic E-state index is 5.97. The van der Waals surface area contributed by atoms with Gasteiger partial charge in [0.1, 0.15) is 0 Å². The SMILES string of the molecule is ClCC1COC2(CCN(CCc3ccccc3)CC2)O1. The number of hydrogen-bond acceptors (Lipinski definition) is 3. The summed E-state index contributed by atoms with van der Waals surface area (Å²) < 4.78 is 11.8. The third kappa shape index (κ3) is 3.34. The first kappa shape index (κ1) is 14.3. The second-order valence-corrected chi connectivity index (χ2v) is 6.00. The summed E-state index contributed by atoms with van der Waals surface area (Å²) in [6.07, 6.45) is 3.09. The van der Waals surface area contributed by atoms with E-state index in [9.17, 15) is 0 Å². The lowest BCUT2D eigenvalue weighted by molar-refractivity contribution is -0.192. The molecule has 0 radical (unpaired) electrons. The van der Waals surface area contributed by atoms with Gasteiger partial charge in [0.15, 0.2) is 5.79 Å². The molecule has 2 heterocycles. The lowest BCUT2D eigenvalue weighted by atomic mass is 10.0. The van der Waals surface area contributed by atoms with Crippen molar-refractivity contribution in [1.29, 1.82) is 0 Å². The molecule has 4 heteroatoms. The van der Waals surface area contributed by atoms with Crippen LogP contribution in [0, 0.1) is 0 Å². The smallest absolute Gasteiger partial charge is 0.171 e. The van der Waals surface area contributed by atoms with Gasteiger partial charge in [-0.15, -0.1) is 11.6 Å². The van der Waals surface area contributed by atoms with E-state index in [1.54, 1.807) is 0 Å². The summed E-state index contributed by atoms with van der Waals surface area (Å²) in [6, 6.07) is 10.7. The number of rotatable bonds is 4. The van der Waals surface area contributed by atoms with Gasteiger partial charge in [-0.2, -0.15) is 0 Å². The molecule has 1 atom stereocenters. The van der Waals surface area contributed by atoms with Crippen LogP contribution in [-0.2, 0) is 15.9 Å². The van der Waals surface area contributed by atoms with Gasteiger partial charge in [0, 0.05) is 32.5 Å². The first-order valence-electron chi connectivity index (χ1n) is 7.44. The molecule has 3 nitrogen and oxygen atoms in total. The van der Waals surface area contributed by atoms with Crippen LogP contribution in [0.5, 0.6) is 0 Å². The zero-order valence-electron chi connectivity index (χ0n) is 11.8. The molecule has 3 rings (SSSR count). The van der Waals surface area contributed by atoms with E-state index in [4.69, 9.17) is 21.1 Å². The molecule has 1 aromatic rings. The maximum absolute atomic E-state index is 5.97. The maximum Gasteiger partial charge on any atom is 0.171 e. The average molecular weight is 296 g/mol. The molecule has 0 saturated carbocycles. The van der Waals surface area contributed by atoms with E-state index in [-0.39, 0.29) is 11.9 Å². The molecule has 0 bridgehead atoms. The van der Waals surface area contributed by atoms with Crippen LogP contribution in [-0.4, -0.2) is 48.9 Å². The van der Waals surface area contributed by atoms with Gasteiger partial charge >= 0.3 is 0 Å². The number of nitrogens with zero attached hydrogens (tertiary/aromatic N) is 1. The number of ether oxygens (including phenoxy) is 2. The van der Waals surface area contributed by atoms with Gasteiger partial charge in [0.25, 0.3) is 0 Å². The largest absolute Gasteiger partial charge is 0.347 e. The highest BCUT2D eigenvalue weighted by Gasteiger charge is 2.43. The van der Waals surface area contributed by atoms with E-state index < -0.39 is 0 Å². The number of benzene rings is 1. The fraction of sp³-hybridized carbons (Fsp3) is 0.625. The van der Waals surface area contributed by atoms with Gasteiger partial charge in [-0.25, -0.2) is 0 Å². The third-order valence-corrected chi connectivity index (χ3v) is 4.61. The van der Waals surface area contributed by atoms with E-state index in [0.717, 1.165) is 38.9 Å². The van der Waals surface area contributed by atoms with Gasteiger partial charge < -0.3 is 14.4 Å². The summed E-state index contributed by atoms with van der Waals surface area (Å²) in [4.78, 5) is 2.50. The van der Waals surface area contributed by atoms with Crippen LogP contribution >= 0.6 is 11.6 Å². The van der Waals surface area contributed by atoms with Crippen molar-refractivity contribution in [2.75, 3.05) is 32.1 Å². The summed E-state index contributed by atoms with van der Waals surface area (Å²) in [5.41, 5.74) is 1.41. The van der Waals surface area contributed by atoms with Crippen molar-refractivity contribution in [3.8, 4) is 0 Å². The number of halogens is 1. The van der Waals surface area contributed by atoms with Crippen LogP contribution in [0.15, 0.2) is 30.3 Å². The first-order chi connectivity index (χ1) is 9.80. The Balaban J connectivity index is 1.45. The number of alkyl halides is 1. The zero-order valence-corrected chi connectivity index (χ0v) is 12.5. The third-order valence-electron chi connectivity index (χ3n) is 4.26. The highest BCUT2D eigenvalue weighted by Crippen LogP contribution is 2.34. The van der Waals surface area contributed by atoms with Gasteiger partial charge in [-0.3, -0.25) is 0 Å². The molecule has 1 unspecified atom stereocenters. The van der Waals surface area contributed by atoms with Crippen LogP contribution in [0.25, 0.3) is 0 Å². The lowest BCUT2D eigenvalue weighted by Crippen LogP contribution is -2.46. The molecule has 2 aliphatic rings. The first-order valence-corrected chi connectivity index (χ1v) is 7.97. The predicted octanol–water partition coefficient (Wildman–Crippen LogP) is 2.68. The predicted molar refractivity (Wildman–Crippen MR) is 80.1 cm³/mol. The van der Waals surface area contributed by atoms with E-state index in [1.165, 1.54) is 5.56 Å². The average Bonchev–Trinajstić information content (AvgIpc) is 2.91. The Hall–Kier alpha value is -0.610. The molecular formula is C16H22ClNO2. The molecular weight excluding hydrogens is 274 g/mol. The Bertz CT molecular complexity index is 418. The minimum absolute atomic E-state index is 0.0764. The normalized spacial score (nSPS) is 26.1. The minimum atomic E-state index is -0.344. The fourth-order valence-electron chi connectivity index (χ4n) is 3.00. The van der Waals surface area contributed by atoms with Gasteiger partial charge in [0.05, 0.1) is 18.6 Å². The molecule has 2 saturated heterocycles. The molecule has 0 amide bonds. The van der Waals surface area contributed by atoms with Crippen molar-refractivity contribution >= 4 is 11.6 Å². The standard InChI is InChI=1S/C16H22ClNO2/c17-12-15-13-19-16(20-15)7-10-18(11-8-16)9-6-14-4-2-1-3-5-14/h1-5,15H,6-13H2. The molecule has 2 aliphatic heterocycles.